The van der Waals surface area contributed by atoms with Crippen molar-refractivity contribution in [3.63, 3.8) is 0 Å². The minimum atomic E-state index is -0.293. The number of carbonyl (C=O) groups excluding carboxylic acids is 1. The van der Waals surface area contributed by atoms with Crippen LogP contribution in [0.4, 0.5) is 0 Å². The summed E-state index contributed by atoms with van der Waals surface area (Å²) >= 11 is 12.2. The molecule has 7 heteroatoms. The summed E-state index contributed by atoms with van der Waals surface area (Å²) in [5.74, 6) is 0.346. The van der Waals surface area contributed by atoms with Crippen molar-refractivity contribution >= 4 is 29.1 Å². The smallest absolute Gasteiger partial charge is 0.254 e. The molecule has 0 saturated heterocycles. The van der Waals surface area contributed by atoms with Gasteiger partial charge < -0.3 is 5.32 Å². The molecule has 0 radical (unpaired) electrons. The second kappa shape index (κ2) is 5.59. The van der Waals surface area contributed by atoms with Crippen molar-refractivity contribution < 1.29 is 4.79 Å². The van der Waals surface area contributed by atoms with Crippen LogP contribution in [0.3, 0.4) is 0 Å². The first kappa shape index (κ1) is 13.8. The summed E-state index contributed by atoms with van der Waals surface area (Å²) in [6.07, 6.45) is 1.56. The lowest BCUT2D eigenvalue weighted by Gasteiger charge is -2.09. The molecule has 0 atom stereocenters. The van der Waals surface area contributed by atoms with Gasteiger partial charge in [0.15, 0.2) is 0 Å². The Hall–Kier alpha value is -1.59. The van der Waals surface area contributed by atoms with E-state index in [1.165, 1.54) is 0 Å². The Morgan fingerprint density at radius 3 is 2.47 bits per heavy atom. The summed E-state index contributed by atoms with van der Waals surface area (Å²) in [5, 5.41) is 7.38. The van der Waals surface area contributed by atoms with Gasteiger partial charge in [0.1, 0.15) is 12.2 Å². The highest BCUT2D eigenvalue weighted by Gasteiger charge is 2.16. The minimum absolute atomic E-state index is 0.269. The molecule has 1 amide bonds. The summed E-state index contributed by atoms with van der Waals surface area (Å²) in [6.45, 7) is 4.12. The van der Waals surface area contributed by atoms with Gasteiger partial charge in [0.2, 0.25) is 0 Å². The molecule has 0 aliphatic heterocycles. The lowest BCUT2D eigenvalue weighted by Crippen LogP contribution is -2.23. The van der Waals surface area contributed by atoms with Gasteiger partial charge in [-0.2, -0.15) is 5.10 Å². The van der Waals surface area contributed by atoms with Crippen LogP contribution in [0, 0.1) is 6.92 Å². The quantitative estimate of drug-likeness (QED) is 0.947. The van der Waals surface area contributed by atoms with E-state index < -0.39 is 0 Å². The van der Waals surface area contributed by atoms with E-state index in [0.29, 0.717) is 18.1 Å². The number of amides is 1. The molecule has 100 valence electrons. The Labute approximate surface area is 120 Å². The van der Waals surface area contributed by atoms with Crippen LogP contribution in [0.25, 0.3) is 5.69 Å². The molecule has 0 spiro atoms. The van der Waals surface area contributed by atoms with E-state index in [9.17, 15) is 4.79 Å². The monoisotopic (exact) mass is 298 g/mol. The Kier molecular flexibility index (Phi) is 4.07. The minimum Gasteiger partial charge on any atom is -0.352 e. The van der Waals surface area contributed by atoms with Crippen molar-refractivity contribution in [2.45, 2.75) is 13.8 Å². The first-order valence-electron chi connectivity index (χ1n) is 5.68. The maximum atomic E-state index is 11.8. The summed E-state index contributed by atoms with van der Waals surface area (Å²) in [7, 11) is 0. The zero-order chi connectivity index (χ0) is 14.0. The first-order valence-corrected chi connectivity index (χ1v) is 6.44. The van der Waals surface area contributed by atoms with Crippen molar-refractivity contribution in [3.05, 3.63) is 39.9 Å². The number of carbonyl (C=O) groups is 1. The molecule has 1 heterocycles. The SMILES string of the molecule is CCNC(=O)c1c(Cl)cc(-n2cnc(C)n2)cc1Cl. The van der Waals surface area contributed by atoms with Crippen molar-refractivity contribution in [2.24, 2.45) is 0 Å². The van der Waals surface area contributed by atoms with Gasteiger partial charge in [-0.1, -0.05) is 23.2 Å². The van der Waals surface area contributed by atoms with Crippen LogP contribution in [-0.2, 0) is 0 Å². The number of hydrogen-bond donors (Lipinski definition) is 1. The van der Waals surface area contributed by atoms with Crippen LogP contribution in [0.2, 0.25) is 10.0 Å². The maximum absolute atomic E-state index is 11.8. The van der Waals surface area contributed by atoms with E-state index in [4.69, 9.17) is 23.2 Å². The topological polar surface area (TPSA) is 59.8 Å². The molecular formula is C12H12Cl2N4O. The van der Waals surface area contributed by atoms with Crippen LogP contribution < -0.4 is 5.32 Å². The van der Waals surface area contributed by atoms with E-state index in [-0.39, 0.29) is 21.5 Å². The molecule has 2 rings (SSSR count). The zero-order valence-electron chi connectivity index (χ0n) is 10.4. The molecule has 0 fully saturated rings. The van der Waals surface area contributed by atoms with Crippen molar-refractivity contribution in [3.8, 4) is 5.69 Å². The number of rotatable bonds is 3. The van der Waals surface area contributed by atoms with Crippen LogP contribution in [0.15, 0.2) is 18.5 Å². The third kappa shape index (κ3) is 2.88. The molecule has 0 unspecified atom stereocenters. The van der Waals surface area contributed by atoms with Gasteiger partial charge in [-0.05, 0) is 26.0 Å². The van der Waals surface area contributed by atoms with E-state index >= 15 is 0 Å². The van der Waals surface area contributed by atoms with Crippen LogP contribution >= 0.6 is 23.2 Å². The first-order chi connectivity index (χ1) is 9.02. The zero-order valence-corrected chi connectivity index (χ0v) is 12.0. The fraction of sp³-hybridized carbons (Fsp3) is 0.250. The van der Waals surface area contributed by atoms with E-state index in [0.717, 1.165) is 0 Å². The second-order valence-electron chi connectivity index (χ2n) is 3.88. The average Bonchev–Trinajstić information content (AvgIpc) is 2.75. The molecule has 0 aliphatic carbocycles. The number of nitrogens with zero attached hydrogens (tertiary/aromatic N) is 3. The van der Waals surface area contributed by atoms with Crippen LogP contribution in [-0.4, -0.2) is 27.2 Å². The predicted octanol–water partition coefficient (Wildman–Crippen LogP) is 2.63. The molecule has 1 N–H and O–H groups in total. The number of aromatic nitrogens is 3. The molecule has 0 aliphatic rings. The Morgan fingerprint density at radius 1 is 1.37 bits per heavy atom. The molecule has 1 aromatic heterocycles. The van der Waals surface area contributed by atoms with Crippen LogP contribution in [0.5, 0.6) is 0 Å². The fourth-order valence-electron chi connectivity index (χ4n) is 1.63. The Bertz CT molecular complexity index is 601. The van der Waals surface area contributed by atoms with E-state index in [2.05, 4.69) is 15.4 Å². The molecule has 1 aromatic carbocycles. The Morgan fingerprint density at radius 2 is 2.00 bits per heavy atom. The third-order valence-corrected chi connectivity index (χ3v) is 3.06. The molecule has 5 nitrogen and oxygen atoms in total. The number of benzene rings is 1. The number of aryl methyl sites for hydroxylation is 1. The summed E-state index contributed by atoms with van der Waals surface area (Å²) in [4.78, 5) is 15.8. The molecule has 19 heavy (non-hydrogen) atoms. The van der Waals surface area contributed by atoms with Gasteiger partial charge in [0.05, 0.1) is 21.3 Å². The average molecular weight is 299 g/mol. The lowest BCUT2D eigenvalue weighted by molar-refractivity contribution is 0.0956. The molecule has 2 aromatic rings. The molecular weight excluding hydrogens is 287 g/mol. The van der Waals surface area contributed by atoms with E-state index in [1.54, 1.807) is 30.1 Å². The summed E-state index contributed by atoms with van der Waals surface area (Å²) in [6, 6.07) is 3.26. The van der Waals surface area contributed by atoms with Gasteiger partial charge in [-0.3, -0.25) is 4.79 Å². The van der Waals surface area contributed by atoms with Gasteiger partial charge in [-0.25, -0.2) is 9.67 Å². The highest BCUT2D eigenvalue weighted by molar-refractivity contribution is 6.40. The van der Waals surface area contributed by atoms with Crippen molar-refractivity contribution in [1.29, 1.82) is 0 Å². The standard InChI is InChI=1S/C12H12Cl2N4O/c1-3-15-12(19)11-9(13)4-8(5-10(11)14)18-6-16-7(2)17-18/h4-6H,3H2,1-2H3,(H,15,19). The number of halogens is 2. The number of hydrogen-bond acceptors (Lipinski definition) is 3. The van der Waals surface area contributed by atoms with Gasteiger partial charge >= 0.3 is 0 Å². The normalized spacial score (nSPS) is 10.5. The number of nitrogens with one attached hydrogen (secondary N) is 1. The van der Waals surface area contributed by atoms with Crippen molar-refractivity contribution in [2.75, 3.05) is 6.54 Å². The predicted molar refractivity (Wildman–Crippen MR) is 74.1 cm³/mol. The molecule has 0 bridgehead atoms. The highest BCUT2D eigenvalue weighted by Crippen LogP contribution is 2.28. The van der Waals surface area contributed by atoms with E-state index in [1.807, 2.05) is 6.92 Å². The summed E-state index contributed by atoms with van der Waals surface area (Å²) < 4.78 is 1.55. The largest absolute Gasteiger partial charge is 0.352 e. The highest BCUT2D eigenvalue weighted by atomic mass is 35.5. The second-order valence-corrected chi connectivity index (χ2v) is 4.69. The van der Waals surface area contributed by atoms with Gasteiger partial charge in [-0.15, -0.1) is 0 Å². The van der Waals surface area contributed by atoms with Gasteiger partial charge in [0.25, 0.3) is 5.91 Å². The van der Waals surface area contributed by atoms with Crippen molar-refractivity contribution in [1.82, 2.24) is 20.1 Å². The van der Waals surface area contributed by atoms with Gasteiger partial charge in [0, 0.05) is 6.54 Å². The fourth-order valence-corrected chi connectivity index (χ4v) is 2.28. The van der Waals surface area contributed by atoms with Crippen LogP contribution in [0.1, 0.15) is 23.1 Å². The summed E-state index contributed by atoms with van der Waals surface area (Å²) in [5.41, 5.74) is 0.925. The Balaban J connectivity index is 2.45. The molecule has 0 saturated carbocycles. The lowest BCUT2D eigenvalue weighted by atomic mass is 10.2. The third-order valence-electron chi connectivity index (χ3n) is 2.46. The maximum Gasteiger partial charge on any atom is 0.254 e.